The van der Waals surface area contributed by atoms with Gasteiger partial charge >= 0.3 is 0 Å². The number of nitrogens with zero attached hydrogens (tertiary/aromatic N) is 5. The lowest BCUT2D eigenvalue weighted by Gasteiger charge is -2.27. The van der Waals surface area contributed by atoms with Gasteiger partial charge in [-0.15, -0.1) is 0 Å². The lowest BCUT2D eigenvalue weighted by Crippen LogP contribution is -2.49. The second kappa shape index (κ2) is 10.9. The summed E-state index contributed by atoms with van der Waals surface area (Å²) in [6, 6.07) is 14.0. The maximum Gasteiger partial charge on any atom is 0.245 e. The molecule has 2 fully saturated rings. The van der Waals surface area contributed by atoms with Gasteiger partial charge in [0.2, 0.25) is 11.8 Å². The van der Waals surface area contributed by atoms with Gasteiger partial charge in [0, 0.05) is 36.3 Å². The van der Waals surface area contributed by atoms with Crippen molar-refractivity contribution in [2.45, 2.75) is 52.2 Å². The van der Waals surface area contributed by atoms with E-state index in [2.05, 4.69) is 20.4 Å². The molecule has 6 rings (SSSR count). The van der Waals surface area contributed by atoms with Crippen LogP contribution in [0.3, 0.4) is 0 Å². The van der Waals surface area contributed by atoms with E-state index in [9.17, 15) is 18.8 Å². The maximum absolute atomic E-state index is 14.9. The van der Waals surface area contributed by atoms with Gasteiger partial charge in [0.1, 0.15) is 29.9 Å². The fraction of sp³-hybridized carbons (Fsp3) is 0.312. The average molecular weight is 567 g/mol. The molecule has 214 valence electrons. The Kier molecular flexibility index (Phi) is 7.14. The minimum absolute atomic E-state index is 0.0121. The van der Waals surface area contributed by atoms with Crippen LogP contribution < -0.4 is 5.32 Å². The highest BCUT2D eigenvalue weighted by molar-refractivity contribution is 6.06. The highest BCUT2D eigenvalue weighted by atomic mass is 19.1. The fourth-order valence-electron chi connectivity index (χ4n) is 5.80. The van der Waals surface area contributed by atoms with E-state index in [0.29, 0.717) is 28.7 Å². The molecule has 1 aliphatic heterocycles. The normalized spacial score (nSPS) is 19.8. The Morgan fingerprint density at radius 1 is 1.00 bits per heavy atom. The molecule has 1 N–H and O–H groups in total. The number of halogens is 1. The van der Waals surface area contributed by atoms with Crippen molar-refractivity contribution in [2.75, 3.05) is 6.54 Å². The molecule has 0 bridgehead atoms. The summed E-state index contributed by atoms with van der Waals surface area (Å²) in [4.78, 5) is 49.4. The van der Waals surface area contributed by atoms with E-state index in [4.69, 9.17) is 0 Å². The number of carbonyl (C=O) groups is 3. The van der Waals surface area contributed by atoms with Crippen molar-refractivity contribution >= 4 is 34.1 Å². The molecule has 10 heteroatoms. The van der Waals surface area contributed by atoms with E-state index in [0.717, 1.165) is 23.1 Å². The van der Waals surface area contributed by atoms with E-state index in [1.165, 1.54) is 11.6 Å². The molecular formula is C32H31FN6O3. The second-order valence-electron chi connectivity index (χ2n) is 11.0. The van der Waals surface area contributed by atoms with E-state index in [1.807, 2.05) is 55.5 Å². The number of rotatable bonds is 8. The smallest absolute Gasteiger partial charge is 0.245 e. The molecule has 1 aliphatic carbocycles. The number of benzene rings is 2. The van der Waals surface area contributed by atoms with E-state index in [-0.39, 0.29) is 48.3 Å². The van der Waals surface area contributed by atoms with Crippen LogP contribution >= 0.6 is 0 Å². The number of nitrogens with one attached hydrogen (secondary N) is 1. The first-order chi connectivity index (χ1) is 20.2. The first kappa shape index (κ1) is 27.4. The third kappa shape index (κ3) is 5.20. The Bertz CT molecular complexity index is 1730. The van der Waals surface area contributed by atoms with Crippen molar-refractivity contribution in [2.24, 2.45) is 5.92 Å². The number of hydrogen-bond donors (Lipinski definition) is 1. The molecule has 42 heavy (non-hydrogen) atoms. The first-order valence-electron chi connectivity index (χ1n) is 14.0. The molecule has 4 aromatic rings. The molecule has 3 atom stereocenters. The predicted molar refractivity (Wildman–Crippen MR) is 156 cm³/mol. The summed E-state index contributed by atoms with van der Waals surface area (Å²) in [6.45, 7) is 4.57. The first-order valence-corrected chi connectivity index (χ1v) is 14.0. The van der Waals surface area contributed by atoms with Crippen LogP contribution in [0.25, 0.3) is 27.6 Å². The highest BCUT2D eigenvalue weighted by Crippen LogP contribution is 2.48. The average Bonchev–Trinajstić information content (AvgIpc) is 3.50. The predicted octanol–water partition coefficient (Wildman–Crippen LogP) is 4.51. The van der Waals surface area contributed by atoms with Crippen molar-refractivity contribution in [3.63, 3.8) is 0 Å². The molecule has 2 amide bonds. The van der Waals surface area contributed by atoms with Crippen molar-refractivity contribution < 1.29 is 18.8 Å². The topological polar surface area (TPSA) is 110 Å². The SMILES string of the molecule is CC(=O)c1nn(CC(=O)N2[C@@H]3C[C@@H]3C[C@H]2C(=O)NC/C(F)=C(/C)c2ccccc2)c2ccc(-c3cnc(C)nc3)cc12. The summed E-state index contributed by atoms with van der Waals surface area (Å²) < 4.78 is 16.4. The number of aryl methyl sites for hydroxylation is 1. The van der Waals surface area contributed by atoms with Gasteiger partial charge in [-0.3, -0.25) is 19.1 Å². The molecule has 0 radical (unpaired) electrons. The van der Waals surface area contributed by atoms with Gasteiger partial charge in [0.05, 0.1) is 12.1 Å². The molecule has 2 aromatic heterocycles. The zero-order valence-electron chi connectivity index (χ0n) is 23.7. The molecule has 0 unspecified atom stereocenters. The highest BCUT2D eigenvalue weighted by Gasteiger charge is 2.56. The Morgan fingerprint density at radius 3 is 2.45 bits per heavy atom. The zero-order chi connectivity index (χ0) is 29.5. The monoisotopic (exact) mass is 566 g/mol. The van der Waals surface area contributed by atoms with Gasteiger partial charge < -0.3 is 10.2 Å². The van der Waals surface area contributed by atoms with Gasteiger partial charge in [-0.25, -0.2) is 14.4 Å². The van der Waals surface area contributed by atoms with Crippen LogP contribution in [0, 0.1) is 12.8 Å². The summed E-state index contributed by atoms with van der Waals surface area (Å²) in [5, 5.41) is 7.82. The third-order valence-electron chi connectivity index (χ3n) is 8.21. The Labute approximate surface area is 242 Å². The fourth-order valence-corrected chi connectivity index (χ4v) is 5.80. The third-order valence-corrected chi connectivity index (χ3v) is 8.21. The van der Waals surface area contributed by atoms with Crippen LogP contribution in [-0.4, -0.2) is 60.9 Å². The number of carbonyl (C=O) groups excluding carboxylic acids is 3. The minimum atomic E-state index is -0.673. The number of allylic oxidation sites excluding steroid dienone is 1. The Hall–Kier alpha value is -4.73. The number of piperidine rings is 1. The van der Waals surface area contributed by atoms with Gasteiger partial charge in [-0.05, 0) is 61.4 Å². The minimum Gasteiger partial charge on any atom is -0.348 e. The van der Waals surface area contributed by atoms with Crippen molar-refractivity contribution in [1.29, 1.82) is 0 Å². The van der Waals surface area contributed by atoms with Crippen LogP contribution in [0.2, 0.25) is 0 Å². The number of fused-ring (bicyclic) bond motifs is 2. The van der Waals surface area contributed by atoms with Gasteiger partial charge in [-0.2, -0.15) is 5.10 Å². The molecule has 1 saturated heterocycles. The quantitative estimate of drug-likeness (QED) is 0.314. The Morgan fingerprint density at radius 2 is 1.74 bits per heavy atom. The molecule has 3 heterocycles. The molecule has 2 aliphatic rings. The number of ketones is 1. The lowest BCUT2D eigenvalue weighted by molar-refractivity contribution is -0.140. The number of aromatic nitrogens is 4. The summed E-state index contributed by atoms with van der Waals surface area (Å²) in [6.07, 6.45) is 4.84. The van der Waals surface area contributed by atoms with Crippen molar-refractivity contribution in [1.82, 2.24) is 30.0 Å². The zero-order valence-corrected chi connectivity index (χ0v) is 23.7. The van der Waals surface area contributed by atoms with Gasteiger partial charge in [-0.1, -0.05) is 36.4 Å². The lowest BCUT2D eigenvalue weighted by atomic mass is 10.0. The van der Waals surface area contributed by atoms with Crippen LogP contribution in [0.1, 0.15) is 48.6 Å². The Balaban J connectivity index is 1.20. The van der Waals surface area contributed by atoms with Gasteiger partial charge in [0.15, 0.2) is 5.78 Å². The summed E-state index contributed by atoms with van der Waals surface area (Å²) in [5.74, 6) is -0.348. The van der Waals surface area contributed by atoms with E-state index in [1.54, 1.807) is 24.2 Å². The van der Waals surface area contributed by atoms with Crippen molar-refractivity contribution in [3.8, 4) is 11.1 Å². The van der Waals surface area contributed by atoms with Gasteiger partial charge in [0.25, 0.3) is 0 Å². The van der Waals surface area contributed by atoms with E-state index >= 15 is 0 Å². The van der Waals surface area contributed by atoms with Crippen molar-refractivity contribution in [3.05, 3.63) is 83.8 Å². The van der Waals surface area contributed by atoms with Crippen LogP contribution in [0.5, 0.6) is 0 Å². The molecule has 2 aromatic carbocycles. The van der Waals surface area contributed by atoms with Crippen LogP contribution in [-0.2, 0) is 16.1 Å². The maximum atomic E-state index is 14.9. The van der Waals surface area contributed by atoms with E-state index < -0.39 is 11.9 Å². The molecule has 9 nitrogen and oxygen atoms in total. The number of Topliss-reactive ketones (excluding diaryl/α,β-unsaturated/α-hetero) is 1. The largest absolute Gasteiger partial charge is 0.348 e. The summed E-state index contributed by atoms with van der Waals surface area (Å²) in [7, 11) is 0. The summed E-state index contributed by atoms with van der Waals surface area (Å²) >= 11 is 0. The van der Waals surface area contributed by atoms with Crippen LogP contribution in [0.4, 0.5) is 4.39 Å². The molecule has 1 saturated carbocycles. The standard InChI is InChI=1S/C32H31FN6O3/c1-18(21-7-5-4-6-8-21)26(33)16-36-32(42)29-13-23-12-28(23)39(29)30(41)17-38-27-10-9-22(24-14-34-20(3)35-15-24)11-25(27)31(37-38)19(2)40/h4-11,14-15,23,28-29H,12-13,16-17H2,1-3H3,(H,36,42)/b26-18+/t23-,28-,29+/m1/s1. The molecule has 0 spiro atoms. The second-order valence-corrected chi connectivity index (χ2v) is 11.0. The number of likely N-dealkylation sites (tertiary alicyclic amines) is 1. The number of hydrogen-bond acceptors (Lipinski definition) is 6. The number of amides is 2. The van der Waals surface area contributed by atoms with Crippen LogP contribution in [0.15, 0.2) is 66.8 Å². The summed E-state index contributed by atoms with van der Waals surface area (Å²) in [5.41, 5.74) is 3.75. The molecular weight excluding hydrogens is 535 g/mol.